The van der Waals surface area contributed by atoms with Crippen molar-refractivity contribution < 1.29 is 39.9 Å². The van der Waals surface area contributed by atoms with E-state index in [0.717, 1.165) is 19.2 Å². The molecule has 0 aliphatic carbocycles. The third-order valence-corrected chi connectivity index (χ3v) is 5.39. The molecule has 1 atom stereocenters. The Balaban J connectivity index is 4.12. The molecule has 0 saturated heterocycles. The fourth-order valence-corrected chi connectivity index (χ4v) is 4.25. The molecule has 1 aromatic carbocycles. The van der Waals surface area contributed by atoms with Crippen molar-refractivity contribution in [3.8, 4) is 0 Å². The zero-order chi connectivity index (χ0) is 21.2. The van der Waals surface area contributed by atoms with Crippen molar-refractivity contribution in [2.24, 2.45) is 0 Å². The third kappa shape index (κ3) is 4.59. The SMILES string of the molecule is CCCC(CC)c1ccc(C(=O)OC)c(C(F)(F)C(F)(F)F)c1S(C)(=O)=O. The molecule has 1 aromatic rings. The first-order valence-electron chi connectivity index (χ1n) is 8.14. The van der Waals surface area contributed by atoms with E-state index in [0.29, 0.717) is 25.5 Å². The largest absolute Gasteiger partial charge is 0.465 e. The predicted molar refractivity (Wildman–Crippen MR) is 88.8 cm³/mol. The van der Waals surface area contributed by atoms with Crippen LogP contribution < -0.4 is 0 Å². The minimum absolute atomic E-state index is 0.159. The Morgan fingerprint density at radius 2 is 1.70 bits per heavy atom. The second kappa shape index (κ2) is 8.12. The van der Waals surface area contributed by atoms with Crippen LogP contribution in [0.1, 0.15) is 60.5 Å². The topological polar surface area (TPSA) is 60.4 Å². The smallest absolute Gasteiger partial charge is 0.458 e. The predicted octanol–water partition coefficient (Wildman–Crippen LogP) is 4.82. The highest BCUT2D eigenvalue weighted by atomic mass is 32.2. The van der Waals surface area contributed by atoms with E-state index >= 15 is 0 Å². The molecule has 0 fully saturated rings. The van der Waals surface area contributed by atoms with Gasteiger partial charge in [-0.2, -0.15) is 22.0 Å². The zero-order valence-corrected chi connectivity index (χ0v) is 16.1. The van der Waals surface area contributed by atoms with Crippen molar-refractivity contribution in [3.05, 3.63) is 28.8 Å². The van der Waals surface area contributed by atoms with Gasteiger partial charge in [-0.05, 0) is 30.4 Å². The summed E-state index contributed by atoms with van der Waals surface area (Å²) in [6.45, 7) is 3.44. The van der Waals surface area contributed by atoms with Crippen molar-refractivity contribution in [1.82, 2.24) is 0 Å². The minimum Gasteiger partial charge on any atom is -0.465 e. The van der Waals surface area contributed by atoms with Gasteiger partial charge in [-0.15, -0.1) is 0 Å². The molecule has 0 heterocycles. The Morgan fingerprint density at radius 1 is 1.15 bits per heavy atom. The number of esters is 1. The van der Waals surface area contributed by atoms with E-state index in [-0.39, 0.29) is 5.56 Å². The van der Waals surface area contributed by atoms with Crippen molar-refractivity contribution in [2.75, 3.05) is 13.4 Å². The van der Waals surface area contributed by atoms with Gasteiger partial charge < -0.3 is 4.74 Å². The molecule has 0 aliphatic rings. The number of carbonyl (C=O) groups excluding carboxylic acids is 1. The van der Waals surface area contributed by atoms with Gasteiger partial charge >= 0.3 is 18.1 Å². The number of alkyl halides is 5. The Kier molecular flexibility index (Phi) is 7.01. The van der Waals surface area contributed by atoms with Crippen LogP contribution in [0.4, 0.5) is 22.0 Å². The van der Waals surface area contributed by atoms with Gasteiger partial charge in [0.25, 0.3) is 0 Å². The molecule has 0 bridgehead atoms. The van der Waals surface area contributed by atoms with Crippen LogP contribution in [0.3, 0.4) is 0 Å². The van der Waals surface area contributed by atoms with Crippen LogP contribution in [0.2, 0.25) is 0 Å². The standard InChI is InChI=1S/C17H21F5O4S/c1-5-7-10(6-2)11-8-9-12(15(23)26-3)13(14(11)27(4,24)25)16(18,19)17(20,21)22/h8-10H,5-7H2,1-4H3. The summed E-state index contributed by atoms with van der Waals surface area (Å²) >= 11 is 0. The van der Waals surface area contributed by atoms with Gasteiger partial charge in [-0.1, -0.05) is 26.3 Å². The van der Waals surface area contributed by atoms with E-state index in [4.69, 9.17) is 0 Å². The highest BCUT2D eigenvalue weighted by molar-refractivity contribution is 7.90. The summed E-state index contributed by atoms with van der Waals surface area (Å²) in [6.07, 6.45) is -4.29. The van der Waals surface area contributed by atoms with Crippen LogP contribution in [-0.4, -0.2) is 33.9 Å². The van der Waals surface area contributed by atoms with Gasteiger partial charge in [0.15, 0.2) is 9.84 Å². The van der Waals surface area contributed by atoms with E-state index in [1.54, 1.807) is 13.8 Å². The third-order valence-electron chi connectivity index (χ3n) is 4.20. The number of hydrogen-bond donors (Lipinski definition) is 0. The summed E-state index contributed by atoms with van der Waals surface area (Å²) in [5.41, 5.74) is -3.17. The summed E-state index contributed by atoms with van der Waals surface area (Å²) in [5.74, 6) is -7.60. The second-order valence-corrected chi connectivity index (χ2v) is 8.09. The Hall–Kier alpha value is -1.71. The highest BCUT2D eigenvalue weighted by Crippen LogP contribution is 2.49. The first kappa shape index (κ1) is 23.3. The van der Waals surface area contributed by atoms with Crippen molar-refractivity contribution in [3.63, 3.8) is 0 Å². The Morgan fingerprint density at radius 3 is 2.07 bits per heavy atom. The van der Waals surface area contributed by atoms with Crippen LogP contribution in [-0.2, 0) is 20.5 Å². The molecule has 0 radical (unpaired) electrons. The number of benzene rings is 1. The molecule has 4 nitrogen and oxygen atoms in total. The van der Waals surface area contributed by atoms with Gasteiger partial charge in [-0.25, -0.2) is 13.2 Å². The number of carbonyl (C=O) groups is 1. The summed E-state index contributed by atoms with van der Waals surface area (Å²) in [5, 5.41) is 0. The summed E-state index contributed by atoms with van der Waals surface area (Å²) < 4.78 is 96.9. The highest BCUT2D eigenvalue weighted by Gasteiger charge is 2.62. The second-order valence-electron chi connectivity index (χ2n) is 6.14. The van der Waals surface area contributed by atoms with E-state index < -0.39 is 49.8 Å². The number of hydrogen-bond acceptors (Lipinski definition) is 4. The molecule has 27 heavy (non-hydrogen) atoms. The van der Waals surface area contributed by atoms with E-state index in [2.05, 4.69) is 4.74 Å². The molecule has 154 valence electrons. The fourth-order valence-electron chi connectivity index (χ4n) is 2.98. The Bertz CT molecular complexity index is 800. The van der Waals surface area contributed by atoms with Gasteiger partial charge in [-0.3, -0.25) is 0 Å². The zero-order valence-electron chi connectivity index (χ0n) is 15.3. The molecular formula is C17H21F5O4S. The molecule has 0 spiro atoms. The van der Waals surface area contributed by atoms with Crippen molar-refractivity contribution >= 4 is 15.8 Å². The fraction of sp³-hybridized carbons (Fsp3) is 0.588. The summed E-state index contributed by atoms with van der Waals surface area (Å²) in [7, 11) is -3.73. The summed E-state index contributed by atoms with van der Waals surface area (Å²) in [4.78, 5) is 10.7. The van der Waals surface area contributed by atoms with Crippen molar-refractivity contribution in [1.29, 1.82) is 0 Å². The van der Waals surface area contributed by atoms with Gasteiger partial charge in [0.1, 0.15) is 0 Å². The molecule has 1 rings (SSSR count). The molecule has 0 aromatic heterocycles. The minimum atomic E-state index is -6.10. The number of rotatable bonds is 7. The lowest BCUT2D eigenvalue weighted by Gasteiger charge is -2.27. The van der Waals surface area contributed by atoms with Crippen LogP contribution >= 0.6 is 0 Å². The molecule has 0 aliphatic heterocycles. The molecule has 10 heteroatoms. The first-order chi connectivity index (χ1) is 12.2. The maximum absolute atomic E-state index is 14.3. The maximum atomic E-state index is 14.3. The van der Waals surface area contributed by atoms with Crippen molar-refractivity contribution in [2.45, 2.75) is 56.0 Å². The first-order valence-corrected chi connectivity index (χ1v) is 10.0. The van der Waals surface area contributed by atoms with Crippen LogP contribution in [0.15, 0.2) is 17.0 Å². The number of ether oxygens (including phenoxy) is 1. The van der Waals surface area contributed by atoms with Crippen LogP contribution in [0, 0.1) is 0 Å². The lowest BCUT2D eigenvalue weighted by atomic mass is 9.88. The monoisotopic (exact) mass is 416 g/mol. The molecule has 0 N–H and O–H groups in total. The maximum Gasteiger partial charge on any atom is 0.458 e. The molecule has 0 saturated carbocycles. The normalized spacial score (nSPS) is 14.1. The summed E-state index contributed by atoms with van der Waals surface area (Å²) in [6, 6.07) is 1.88. The quantitative estimate of drug-likeness (QED) is 0.472. The Labute approximate surface area is 154 Å². The number of methoxy groups -OCH3 is 1. The molecular weight excluding hydrogens is 395 g/mol. The van der Waals surface area contributed by atoms with Gasteiger partial charge in [0.2, 0.25) is 0 Å². The number of sulfone groups is 1. The van der Waals surface area contributed by atoms with E-state index in [9.17, 15) is 35.2 Å². The average molecular weight is 416 g/mol. The van der Waals surface area contributed by atoms with Gasteiger partial charge in [0, 0.05) is 6.26 Å². The van der Waals surface area contributed by atoms with Gasteiger partial charge in [0.05, 0.1) is 23.1 Å². The van der Waals surface area contributed by atoms with Crippen LogP contribution in [0.25, 0.3) is 0 Å². The molecule has 1 unspecified atom stereocenters. The lowest BCUT2D eigenvalue weighted by Crippen LogP contribution is -2.37. The number of halogens is 5. The van der Waals surface area contributed by atoms with E-state index in [1.807, 2.05) is 0 Å². The van der Waals surface area contributed by atoms with E-state index in [1.165, 1.54) is 0 Å². The average Bonchev–Trinajstić information content (AvgIpc) is 2.55. The van der Waals surface area contributed by atoms with Crippen LogP contribution in [0.5, 0.6) is 0 Å². The lowest BCUT2D eigenvalue weighted by molar-refractivity contribution is -0.290. The molecule has 0 amide bonds.